The number of carbonyl (C=O) groups excluding carboxylic acids is 4. The van der Waals surface area contributed by atoms with Gasteiger partial charge < -0.3 is 56.8 Å². The van der Waals surface area contributed by atoms with Crippen LogP contribution in [0.5, 0.6) is 0 Å². The van der Waals surface area contributed by atoms with Crippen molar-refractivity contribution < 1.29 is 78.6 Å². The Morgan fingerprint density at radius 2 is 1.09 bits per heavy atom. The van der Waals surface area contributed by atoms with Crippen LogP contribution in [0.3, 0.4) is 0 Å². The molecule has 420 valence electrons. The van der Waals surface area contributed by atoms with Gasteiger partial charge >= 0.3 is 41.8 Å². The van der Waals surface area contributed by atoms with Gasteiger partial charge in [0.25, 0.3) is 5.91 Å². The molecule has 77 heavy (non-hydrogen) atoms. The zero-order valence-electron chi connectivity index (χ0n) is 42.8. The lowest BCUT2D eigenvalue weighted by molar-refractivity contribution is -0.141. The van der Waals surface area contributed by atoms with E-state index < -0.39 is 66.8 Å². The number of pyridine rings is 1. The summed E-state index contributed by atoms with van der Waals surface area (Å²) < 4.78 is 0. The van der Waals surface area contributed by atoms with Gasteiger partial charge in [0.15, 0.2) is 0 Å². The molecular formula is C51H70N10O16. The van der Waals surface area contributed by atoms with Crippen LogP contribution < -0.4 is 21.3 Å². The van der Waals surface area contributed by atoms with E-state index in [9.17, 15) is 73.5 Å². The first-order chi connectivity index (χ1) is 36.8. The number of nitrogens with one attached hydrogen (secondary N) is 4. The van der Waals surface area contributed by atoms with Gasteiger partial charge in [-0.15, -0.1) is 0 Å². The Morgan fingerprint density at radius 3 is 1.62 bits per heavy atom. The van der Waals surface area contributed by atoms with Crippen LogP contribution in [0.4, 0.5) is 4.79 Å². The fraction of sp³-hybridized carbons (Fsp3) is 0.510. The average molecular weight is 1080 g/mol. The van der Waals surface area contributed by atoms with Crippen molar-refractivity contribution in [2.75, 3.05) is 91.6 Å². The fourth-order valence-electron chi connectivity index (χ4n) is 8.45. The van der Waals surface area contributed by atoms with E-state index in [1.54, 1.807) is 50.1 Å². The van der Waals surface area contributed by atoms with Crippen molar-refractivity contribution in [3.8, 4) is 0 Å². The standard InChI is InChI=1S/C51H70N10O16/c62-42(31-57-21-23-58(32-45(66)67)25-27-60(34-47(70)71)28-26-59(24-22-57)33-46(68)69)54-29-35-11-13-37(14-12-35)48(72)53-18-5-3-10-43(63)61(30-41-38-8-2-1-7-36(38)17-19-52-41)20-6-4-9-39(49(73)74)55-51(77)56-40(50(75)76)15-16-44(64)65/h1-2,7-8,11-14,17,19,39-40H,3-6,9-10,15-16,18,20-34H2,(H,53,72)(H,54,62)(H,64,65)(H,66,67)(H,68,69)(H,70,71)(H,73,74)(H,75,76)(H2,55,56,77)/t39-,40-/m0/s1. The number of rotatable bonds is 30. The summed E-state index contributed by atoms with van der Waals surface area (Å²) in [7, 11) is 0. The maximum Gasteiger partial charge on any atom is 0.326 e. The lowest BCUT2D eigenvalue weighted by Gasteiger charge is -2.32. The number of fused-ring (bicyclic) bond motifs is 1. The molecule has 2 aromatic carbocycles. The number of benzene rings is 2. The van der Waals surface area contributed by atoms with Crippen molar-refractivity contribution in [2.24, 2.45) is 0 Å². The molecule has 1 aromatic heterocycles. The molecule has 3 aromatic rings. The molecule has 0 spiro atoms. The maximum absolute atomic E-state index is 13.7. The second-order valence-electron chi connectivity index (χ2n) is 18.6. The van der Waals surface area contributed by atoms with Crippen molar-refractivity contribution >= 4 is 70.3 Å². The molecule has 5 amide bonds. The fourth-order valence-corrected chi connectivity index (χ4v) is 8.45. The maximum atomic E-state index is 13.7. The van der Waals surface area contributed by atoms with E-state index in [4.69, 9.17) is 5.11 Å². The highest BCUT2D eigenvalue weighted by atomic mass is 16.4. The summed E-state index contributed by atoms with van der Waals surface area (Å²) >= 11 is 0. The number of hydrogen-bond donors (Lipinski definition) is 10. The van der Waals surface area contributed by atoms with Crippen molar-refractivity contribution in [2.45, 2.75) is 76.5 Å². The third kappa shape index (κ3) is 23.7. The Bertz CT molecular complexity index is 2460. The second-order valence-corrected chi connectivity index (χ2v) is 18.6. The molecule has 4 rings (SSSR count). The number of aromatic nitrogens is 1. The quantitative estimate of drug-likeness (QED) is 0.0406. The van der Waals surface area contributed by atoms with Crippen molar-refractivity contribution in [1.82, 2.24) is 50.8 Å². The van der Waals surface area contributed by atoms with Crippen molar-refractivity contribution in [3.05, 3.63) is 77.6 Å². The van der Waals surface area contributed by atoms with Gasteiger partial charge in [-0.3, -0.25) is 58.1 Å². The molecule has 0 saturated carbocycles. The molecule has 10 N–H and O–H groups in total. The lowest BCUT2D eigenvalue weighted by Crippen LogP contribution is -2.51. The van der Waals surface area contributed by atoms with E-state index in [0.717, 1.165) is 10.8 Å². The van der Waals surface area contributed by atoms with E-state index in [0.29, 0.717) is 36.1 Å². The van der Waals surface area contributed by atoms with Crippen LogP contribution in [0.15, 0.2) is 60.8 Å². The summed E-state index contributed by atoms with van der Waals surface area (Å²) in [5.41, 5.74) is 1.73. The van der Waals surface area contributed by atoms with Gasteiger partial charge in [-0.25, -0.2) is 14.4 Å². The molecule has 1 aliphatic heterocycles. The predicted molar refractivity (Wildman–Crippen MR) is 276 cm³/mol. The molecule has 1 aliphatic rings. The smallest absolute Gasteiger partial charge is 0.326 e. The minimum absolute atomic E-state index is 0.0536. The van der Waals surface area contributed by atoms with Gasteiger partial charge in [-0.05, 0) is 67.7 Å². The first-order valence-electron chi connectivity index (χ1n) is 25.3. The van der Waals surface area contributed by atoms with Gasteiger partial charge in [-0.1, -0.05) is 36.4 Å². The van der Waals surface area contributed by atoms with E-state index in [1.165, 1.54) is 0 Å². The molecule has 0 unspecified atom stereocenters. The normalized spacial score (nSPS) is 14.9. The van der Waals surface area contributed by atoms with Gasteiger partial charge in [0.2, 0.25) is 11.8 Å². The monoisotopic (exact) mass is 1080 g/mol. The highest BCUT2D eigenvalue weighted by Gasteiger charge is 2.26. The van der Waals surface area contributed by atoms with Crippen LogP contribution in [0.1, 0.15) is 73.0 Å². The molecule has 2 atom stereocenters. The third-order valence-electron chi connectivity index (χ3n) is 12.7. The van der Waals surface area contributed by atoms with Gasteiger partial charge in [0.1, 0.15) is 12.1 Å². The molecule has 0 bridgehead atoms. The van der Waals surface area contributed by atoms with Crippen LogP contribution in [0.2, 0.25) is 0 Å². The average Bonchev–Trinajstić information content (AvgIpc) is 3.37. The number of aliphatic carboxylic acids is 6. The van der Waals surface area contributed by atoms with Gasteiger partial charge in [-0.2, -0.15) is 0 Å². The molecule has 0 aliphatic carbocycles. The SMILES string of the molecule is O=C(O)CC[C@H](NC(=O)N[C@@H](CCCCN(Cc1nccc2ccccc12)C(=O)CCCCNC(=O)c1ccc(CNC(=O)CN2CCN(CC(=O)O)CCN(CC(=O)O)CCN(CC(=O)O)CC2)cc1)C(=O)O)C(=O)O. The number of unbranched alkanes of at least 4 members (excludes halogenated alkanes) is 2. The number of nitrogens with zero attached hydrogens (tertiary/aromatic N) is 6. The van der Waals surface area contributed by atoms with Crippen LogP contribution in [-0.4, -0.2) is 223 Å². The Morgan fingerprint density at radius 1 is 0.558 bits per heavy atom. The molecule has 26 nitrogen and oxygen atoms in total. The minimum Gasteiger partial charge on any atom is -0.481 e. The lowest BCUT2D eigenvalue weighted by atomic mass is 10.1. The summed E-state index contributed by atoms with van der Waals surface area (Å²) in [5, 5.41) is 68.2. The second kappa shape index (κ2) is 32.6. The number of carboxylic acid groups (broad SMARTS) is 6. The summed E-state index contributed by atoms with van der Waals surface area (Å²) in [5.74, 6) is -8.15. The molecule has 1 fully saturated rings. The molecular weight excluding hydrogens is 1010 g/mol. The van der Waals surface area contributed by atoms with Crippen molar-refractivity contribution in [1.29, 1.82) is 0 Å². The van der Waals surface area contributed by atoms with Crippen LogP contribution in [0, 0.1) is 0 Å². The predicted octanol–water partition coefficient (Wildman–Crippen LogP) is 0.496. The van der Waals surface area contributed by atoms with Gasteiger partial charge in [0, 0.05) is 102 Å². The Balaban J connectivity index is 1.26. The van der Waals surface area contributed by atoms with Crippen molar-refractivity contribution in [3.63, 3.8) is 0 Å². The van der Waals surface area contributed by atoms with E-state index in [2.05, 4.69) is 26.3 Å². The summed E-state index contributed by atoms with van der Waals surface area (Å²) in [4.78, 5) is 135. The highest BCUT2D eigenvalue weighted by Crippen LogP contribution is 2.19. The summed E-state index contributed by atoms with van der Waals surface area (Å²) in [6.07, 6.45) is 2.27. The molecule has 2 heterocycles. The van der Waals surface area contributed by atoms with Crippen LogP contribution in [-0.2, 0) is 51.4 Å². The topological polar surface area (TPSA) is 369 Å². The molecule has 26 heteroatoms. The number of carboxylic acids is 6. The number of urea groups is 1. The summed E-state index contributed by atoms with van der Waals surface area (Å²) in [6.45, 7) is 1.97. The van der Waals surface area contributed by atoms with E-state index in [1.807, 2.05) is 35.2 Å². The minimum atomic E-state index is -1.55. The van der Waals surface area contributed by atoms with E-state index in [-0.39, 0.29) is 142 Å². The van der Waals surface area contributed by atoms with Crippen LogP contribution in [0.25, 0.3) is 10.8 Å². The first-order valence-corrected chi connectivity index (χ1v) is 25.3. The third-order valence-corrected chi connectivity index (χ3v) is 12.7. The number of carbonyl (C=O) groups is 10. The number of amides is 5. The Hall–Kier alpha value is -7.81. The Labute approximate surface area is 444 Å². The number of hydrogen-bond acceptors (Lipinski definition) is 15. The Kier molecular flexibility index (Phi) is 26.1. The van der Waals surface area contributed by atoms with Crippen LogP contribution >= 0.6 is 0 Å². The zero-order chi connectivity index (χ0) is 56.3. The summed E-state index contributed by atoms with van der Waals surface area (Å²) in [6, 6.07) is 12.0. The zero-order valence-corrected chi connectivity index (χ0v) is 42.8. The first kappa shape index (κ1) is 61.7. The molecule has 1 saturated heterocycles. The molecule has 0 radical (unpaired) electrons. The van der Waals surface area contributed by atoms with Gasteiger partial charge in [0.05, 0.1) is 38.4 Å². The van der Waals surface area contributed by atoms with E-state index >= 15 is 0 Å². The highest BCUT2D eigenvalue weighted by molar-refractivity contribution is 5.94. The largest absolute Gasteiger partial charge is 0.481 e.